The van der Waals surface area contributed by atoms with E-state index in [0.717, 1.165) is 12.1 Å². The molecular weight excluding hydrogens is 190 g/mol. The molecule has 0 aromatic heterocycles. The topological polar surface area (TPSA) is 40.5 Å². The minimum atomic E-state index is -1.55. The summed E-state index contributed by atoms with van der Waals surface area (Å²) in [6.45, 7) is 1.74. The van der Waals surface area contributed by atoms with Crippen LogP contribution in [0.5, 0.6) is 0 Å². The smallest absolute Gasteiger partial charge is 0.159 e. The first-order valence-electron chi connectivity index (χ1n) is 4.37. The molecule has 14 heavy (non-hydrogen) atoms. The fourth-order valence-electron chi connectivity index (χ4n) is 1.36. The van der Waals surface area contributed by atoms with Crippen LogP contribution in [0.2, 0.25) is 0 Å². The Bertz CT molecular complexity index is 313. The Morgan fingerprint density at radius 1 is 1.21 bits per heavy atom. The molecule has 78 valence electrons. The van der Waals surface area contributed by atoms with Crippen LogP contribution in [0.3, 0.4) is 0 Å². The highest BCUT2D eigenvalue weighted by atomic mass is 19.2. The van der Waals surface area contributed by atoms with Crippen molar-refractivity contribution in [2.24, 2.45) is 0 Å². The van der Waals surface area contributed by atoms with Gasteiger partial charge in [-0.1, -0.05) is 13.0 Å². The van der Waals surface area contributed by atoms with Gasteiger partial charge in [0.1, 0.15) is 0 Å². The number of rotatable bonds is 3. The monoisotopic (exact) mass is 202 g/mol. The highest BCUT2D eigenvalue weighted by Crippen LogP contribution is 2.23. The van der Waals surface area contributed by atoms with Gasteiger partial charge in [-0.3, -0.25) is 0 Å². The van der Waals surface area contributed by atoms with Gasteiger partial charge in [-0.05, 0) is 24.1 Å². The Hall–Kier alpha value is -1.00. The summed E-state index contributed by atoms with van der Waals surface area (Å²) in [6, 6.07) is 3.32. The molecule has 1 rings (SSSR count). The van der Waals surface area contributed by atoms with Crippen molar-refractivity contribution in [3.8, 4) is 0 Å². The first kappa shape index (κ1) is 11.1. The van der Waals surface area contributed by atoms with E-state index in [-0.39, 0.29) is 0 Å². The molecule has 0 saturated heterocycles. The molecule has 0 amide bonds. The molecule has 0 heterocycles. The molecule has 1 aromatic rings. The van der Waals surface area contributed by atoms with E-state index >= 15 is 0 Å². The predicted octanol–water partition coefficient (Wildman–Crippen LogP) is 1.77. The lowest BCUT2D eigenvalue weighted by atomic mass is 9.96. The van der Waals surface area contributed by atoms with Crippen LogP contribution in [0.4, 0.5) is 8.78 Å². The van der Waals surface area contributed by atoms with Crippen LogP contribution >= 0.6 is 0 Å². The summed E-state index contributed by atoms with van der Waals surface area (Å²) in [5.74, 6) is -2.48. The maximum Gasteiger partial charge on any atom is 0.159 e. The number of hydrogen-bond acceptors (Lipinski definition) is 2. The standard InChI is InChI=1S/C10H12F2O2/c1-2-7(10(13)14)6-3-4-8(11)9(12)5-6/h3-5,7,10,13-14H,2H2,1H3. The molecule has 0 saturated carbocycles. The number of benzene rings is 1. The van der Waals surface area contributed by atoms with E-state index in [1.807, 2.05) is 0 Å². The molecule has 2 N–H and O–H groups in total. The van der Waals surface area contributed by atoms with Crippen molar-refractivity contribution in [1.82, 2.24) is 0 Å². The van der Waals surface area contributed by atoms with Gasteiger partial charge >= 0.3 is 0 Å². The summed E-state index contributed by atoms with van der Waals surface area (Å²) in [7, 11) is 0. The van der Waals surface area contributed by atoms with Crippen molar-refractivity contribution < 1.29 is 19.0 Å². The molecule has 0 spiro atoms. The number of aliphatic hydroxyl groups is 2. The van der Waals surface area contributed by atoms with Gasteiger partial charge in [0, 0.05) is 5.92 Å². The van der Waals surface area contributed by atoms with Gasteiger partial charge < -0.3 is 10.2 Å². The quantitative estimate of drug-likeness (QED) is 0.733. The Morgan fingerprint density at radius 3 is 2.29 bits per heavy atom. The van der Waals surface area contributed by atoms with E-state index in [0.29, 0.717) is 12.0 Å². The Balaban J connectivity index is 3.00. The van der Waals surface area contributed by atoms with Crippen molar-refractivity contribution in [2.75, 3.05) is 0 Å². The van der Waals surface area contributed by atoms with Crippen LogP contribution in [-0.2, 0) is 0 Å². The minimum Gasteiger partial charge on any atom is -0.368 e. The van der Waals surface area contributed by atoms with E-state index in [2.05, 4.69) is 0 Å². The summed E-state index contributed by atoms with van der Waals surface area (Å²) in [5.41, 5.74) is 0.390. The molecule has 1 aromatic carbocycles. The molecular formula is C10H12F2O2. The normalized spacial score (nSPS) is 13.3. The molecule has 1 atom stereocenters. The summed E-state index contributed by atoms with van der Waals surface area (Å²) < 4.78 is 25.4. The summed E-state index contributed by atoms with van der Waals surface area (Å²) >= 11 is 0. The molecule has 1 unspecified atom stereocenters. The SMILES string of the molecule is CCC(c1ccc(F)c(F)c1)C(O)O. The Kier molecular flexibility index (Phi) is 3.55. The third kappa shape index (κ3) is 2.27. The van der Waals surface area contributed by atoms with Crippen molar-refractivity contribution in [3.05, 3.63) is 35.4 Å². The molecule has 0 aliphatic rings. The average molecular weight is 202 g/mol. The van der Waals surface area contributed by atoms with Crippen molar-refractivity contribution in [3.63, 3.8) is 0 Å². The van der Waals surface area contributed by atoms with E-state index < -0.39 is 23.8 Å². The van der Waals surface area contributed by atoms with Crippen LogP contribution in [0.25, 0.3) is 0 Å². The highest BCUT2D eigenvalue weighted by molar-refractivity contribution is 5.22. The van der Waals surface area contributed by atoms with Gasteiger partial charge in [-0.2, -0.15) is 0 Å². The molecule has 0 aliphatic carbocycles. The molecule has 0 bridgehead atoms. The molecule has 4 heteroatoms. The molecule has 0 aliphatic heterocycles. The second-order valence-corrected chi connectivity index (χ2v) is 3.10. The highest BCUT2D eigenvalue weighted by Gasteiger charge is 2.18. The average Bonchev–Trinajstić information content (AvgIpc) is 2.11. The van der Waals surface area contributed by atoms with Crippen molar-refractivity contribution >= 4 is 0 Å². The van der Waals surface area contributed by atoms with Gasteiger partial charge in [0.25, 0.3) is 0 Å². The summed E-state index contributed by atoms with van der Waals surface area (Å²) in [4.78, 5) is 0. The summed E-state index contributed by atoms with van der Waals surface area (Å²) in [6.07, 6.45) is -1.10. The van der Waals surface area contributed by atoms with Crippen LogP contribution in [0, 0.1) is 11.6 Å². The van der Waals surface area contributed by atoms with E-state index in [9.17, 15) is 8.78 Å². The van der Waals surface area contributed by atoms with Gasteiger partial charge in [0.05, 0.1) is 0 Å². The zero-order valence-electron chi connectivity index (χ0n) is 7.74. The van der Waals surface area contributed by atoms with Gasteiger partial charge in [0.15, 0.2) is 17.9 Å². The van der Waals surface area contributed by atoms with Crippen molar-refractivity contribution in [2.45, 2.75) is 25.6 Å². The molecule has 2 nitrogen and oxygen atoms in total. The van der Waals surface area contributed by atoms with E-state index in [1.165, 1.54) is 6.07 Å². The Morgan fingerprint density at radius 2 is 1.86 bits per heavy atom. The van der Waals surface area contributed by atoms with Crippen LogP contribution < -0.4 is 0 Å². The number of aliphatic hydroxyl groups excluding tert-OH is 1. The van der Waals surface area contributed by atoms with Crippen LogP contribution in [0.1, 0.15) is 24.8 Å². The third-order valence-electron chi connectivity index (χ3n) is 2.17. The first-order chi connectivity index (χ1) is 6.56. The maximum atomic E-state index is 12.8. The third-order valence-corrected chi connectivity index (χ3v) is 2.17. The van der Waals surface area contributed by atoms with Gasteiger partial charge in [-0.15, -0.1) is 0 Å². The van der Waals surface area contributed by atoms with E-state index in [4.69, 9.17) is 10.2 Å². The first-order valence-corrected chi connectivity index (χ1v) is 4.37. The maximum absolute atomic E-state index is 12.8. The fraction of sp³-hybridized carbons (Fsp3) is 0.400. The molecule has 0 fully saturated rings. The Labute approximate surface area is 80.8 Å². The zero-order chi connectivity index (χ0) is 10.7. The van der Waals surface area contributed by atoms with E-state index in [1.54, 1.807) is 6.92 Å². The fourth-order valence-corrected chi connectivity index (χ4v) is 1.36. The minimum absolute atomic E-state index is 0.390. The van der Waals surface area contributed by atoms with Gasteiger partial charge in [-0.25, -0.2) is 8.78 Å². The lowest BCUT2D eigenvalue weighted by Crippen LogP contribution is -2.17. The van der Waals surface area contributed by atoms with Crippen molar-refractivity contribution in [1.29, 1.82) is 0 Å². The van der Waals surface area contributed by atoms with Crippen LogP contribution in [-0.4, -0.2) is 16.5 Å². The number of hydrogen-bond donors (Lipinski definition) is 2. The lowest BCUT2D eigenvalue weighted by molar-refractivity contribution is -0.0610. The molecule has 0 radical (unpaired) electrons. The predicted molar refractivity (Wildman–Crippen MR) is 47.6 cm³/mol. The lowest BCUT2D eigenvalue weighted by Gasteiger charge is -2.17. The second kappa shape index (κ2) is 4.48. The van der Waals surface area contributed by atoms with Crippen LogP contribution in [0.15, 0.2) is 18.2 Å². The largest absolute Gasteiger partial charge is 0.368 e. The van der Waals surface area contributed by atoms with Gasteiger partial charge in [0.2, 0.25) is 0 Å². The summed E-state index contributed by atoms with van der Waals surface area (Å²) in [5, 5.41) is 17.9. The zero-order valence-corrected chi connectivity index (χ0v) is 7.74. The number of halogens is 2. The second-order valence-electron chi connectivity index (χ2n) is 3.10.